The molecule has 1 fully saturated rings. The lowest BCUT2D eigenvalue weighted by molar-refractivity contribution is 0.00578. The highest BCUT2D eigenvalue weighted by molar-refractivity contribution is 6.66. The lowest BCUT2D eigenvalue weighted by Gasteiger charge is -2.32. The number of benzene rings is 3. The molecule has 3 aromatic carbocycles. The second kappa shape index (κ2) is 5.51. The SMILES string of the molecule is CC1(C)OB(c2cc3oc4cccc(Cl)c4c3c3ccccc23)OC1(C)C. The molecule has 4 aromatic rings. The highest BCUT2D eigenvalue weighted by Gasteiger charge is 2.52. The molecule has 0 N–H and O–H groups in total. The molecule has 1 aromatic heterocycles. The fourth-order valence-electron chi connectivity index (χ4n) is 3.83. The van der Waals surface area contributed by atoms with Crippen LogP contribution in [0, 0.1) is 0 Å². The molecule has 1 aliphatic heterocycles. The maximum atomic E-state index is 6.51. The van der Waals surface area contributed by atoms with Crippen molar-refractivity contribution in [3.8, 4) is 0 Å². The van der Waals surface area contributed by atoms with Gasteiger partial charge in [0.15, 0.2) is 0 Å². The quantitative estimate of drug-likeness (QED) is 0.399. The monoisotopic (exact) mass is 378 g/mol. The Hall–Kier alpha value is -2.01. The van der Waals surface area contributed by atoms with Crippen LogP contribution in [0.15, 0.2) is 52.9 Å². The molecule has 5 rings (SSSR count). The Bertz CT molecular complexity index is 1190. The van der Waals surface area contributed by atoms with Crippen molar-refractivity contribution in [2.75, 3.05) is 0 Å². The molecule has 0 saturated carbocycles. The summed E-state index contributed by atoms with van der Waals surface area (Å²) in [5.74, 6) is 0. The topological polar surface area (TPSA) is 31.6 Å². The van der Waals surface area contributed by atoms with E-state index < -0.39 is 18.3 Å². The third kappa shape index (κ3) is 2.37. The maximum absolute atomic E-state index is 6.51. The average Bonchev–Trinajstić information content (AvgIpc) is 3.09. The van der Waals surface area contributed by atoms with Gasteiger partial charge in [-0.2, -0.15) is 0 Å². The molecule has 0 unspecified atom stereocenters. The molecule has 0 spiro atoms. The first kappa shape index (κ1) is 17.1. The largest absolute Gasteiger partial charge is 0.495 e. The zero-order chi connectivity index (χ0) is 19.0. The minimum Gasteiger partial charge on any atom is -0.456 e. The van der Waals surface area contributed by atoms with E-state index in [4.69, 9.17) is 25.3 Å². The number of halogens is 1. The average molecular weight is 379 g/mol. The first-order valence-electron chi connectivity index (χ1n) is 9.16. The summed E-state index contributed by atoms with van der Waals surface area (Å²) < 4.78 is 18.8. The molecule has 0 atom stereocenters. The lowest BCUT2D eigenvalue weighted by atomic mass is 9.75. The van der Waals surface area contributed by atoms with E-state index in [2.05, 4.69) is 39.8 Å². The van der Waals surface area contributed by atoms with Gasteiger partial charge >= 0.3 is 7.12 Å². The zero-order valence-corrected chi connectivity index (χ0v) is 16.6. The van der Waals surface area contributed by atoms with Crippen molar-refractivity contribution in [3.05, 3.63) is 53.6 Å². The molecule has 0 aliphatic carbocycles. The number of furan rings is 1. The van der Waals surface area contributed by atoms with Crippen LogP contribution in [0.3, 0.4) is 0 Å². The van der Waals surface area contributed by atoms with Crippen LogP contribution in [0.5, 0.6) is 0 Å². The summed E-state index contributed by atoms with van der Waals surface area (Å²) in [6.07, 6.45) is 0. The van der Waals surface area contributed by atoms with E-state index in [0.717, 1.165) is 38.2 Å². The fraction of sp³-hybridized carbons (Fsp3) is 0.273. The van der Waals surface area contributed by atoms with Gasteiger partial charge < -0.3 is 13.7 Å². The lowest BCUT2D eigenvalue weighted by Crippen LogP contribution is -2.41. The molecule has 5 heteroatoms. The van der Waals surface area contributed by atoms with E-state index in [-0.39, 0.29) is 0 Å². The van der Waals surface area contributed by atoms with Crippen molar-refractivity contribution in [2.45, 2.75) is 38.9 Å². The Labute approximate surface area is 163 Å². The van der Waals surface area contributed by atoms with Crippen molar-refractivity contribution < 1.29 is 13.7 Å². The maximum Gasteiger partial charge on any atom is 0.495 e. The summed E-state index contributed by atoms with van der Waals surface area (Å²) >= 11 is 6.51. The van der Waals surface area contributed by atoms with E-state index in [9.17, 15) is 0 Å². The van der Waals surface area contributed by atoms with E-state index in [1.165, 1.54) is 0 Å². The van der Waals surface area contributed by atoms with Crippen molar-refractivity contribution in [3.63, 3.8) is 0 Å². The molecule has 3 nitrogen and oxygen atoms in total. The third-order valence-corrected chi connectivity index (χ3v) is 6.31. The van der Waals surface area contributed by atoms with Crippen molar-refractivity contribution in [1.29, 1.82) is 0 Å². The molecular formula is C22H20BClO3. The number of hydrogen-bond acceptors (Lipinski definition) is 3. The Balaban J connectivity index is 1.84. The Kier molecular flexibility index (Phi) is 3.49. The van der Waals surface area contributed by atoms with Crippen LogP contribution in [-0.4, -0.2) is 18.3 Å². The van der Waals surface area contributed by atoms with Gasteiger partial charge in [0, 0.05) is 10.8 Å². The summed E-state index contributed by atoms with van der Waals surface area (Å²) in [5, 5.41) is 4.86. The minimum absolute atomic E-state index is 0.398. The third-order valence-electron chi connectivity index (χ3n) is 5.99. The van der Waals surface area contributed by atoms with E-state index in [1.54, 1.807) is 0 Å². The summed E-state index contributed by atoms with van der Waals surface area (Å²) in [6, 6.07) is 16.1. The molecule has 0 bridgehead atoms. The van der Waals surface area contributed by atoms with Crippen LogP contribution in [0.25, 0.3) is 32.7 Å². The Morgan fingerprint density at radius 3 is 2.15 bits per heavy atom. The van der Waals surface area contributed by atoms with Crippen molar-refractivity contribution in [1.82, 2.24) is 0 Å². The molecule has 2 heterocycles. The molecule has 1 aliphatic rings. The summed E-state index contributed by atoms with van der Waals surface area (Å²) in [6.45, 7) is 8.26. The molecule has 136 valence electrons. The molecule has 27 heavy (non-hydrogen) atoms. The second-order valence-corrected chi connectivity index (χ2v) is 8.59. The number of hydrogen-bond donors (Lipinski definition) is 0. The standard InChI is InChI=1S/C22H20BClO3/c1-21(2)22(3,4)27-23(26-21)15-12-18-19(14-9-6-5-8-13(14)15)20-16(24)10-7-11-17(20)25-18/h5-12H,1-4H3. The van der Waals surface area contributed by atoms with Gasteiger partial charge in [-0.3, -0.25) is 0 Å². The first-order chi connectivity index (χ1) is 12.8. The smallest absolute Gasteiger partial charge is 0.456 e. The van der Waals surface area contributed by atoms with Gasteiger partial charge in [0.2, 0.25) is 0 Å². The van der Waals surface area contributed by atoms with Gasteiger partial charge in [0.05, 0.1) is 16.2 Å². The number of rotatable bonds is 1. The molecular weight excluding hydrogens is 359 g/mol. The summed E-state index contributed by atoms with van der Waals surface area (Å²) in [7, 11) is -0.451. The Morgan fingerprint density at radius 2 is 1.44 bits per heavy atom. The predicted octanol–water partition coefficient (Wildman–Crippen LogP) is 5.69. The van der Waals surface area contributed by atoms with Gasteiger partial charge in [0.25, 0.3) is 0 Å². The van der Waals surface area contributed by atoms with Gasteiger partial charge in [-0.1, -0.05) is 41.9 Å². The summed E-state index contributed by atoms with van der Waals surface area (Å²) in [4.78, 5) is 0. The van der Waals surface area contributed by atoms with Crippen LogP contribution in [-0.2, 0) is 9.31 Å². The zero-order valence-electron chi connectivity index (χ0n) is 15.8. The molecule has 1 saturated heterocycles. The van der Waals surface area contributed by atoms with Crippen molar-refractivity contribution in [2.24, 2.45) is 0 Å². The van der Waals surface area contributed by atoms with Crippen LogP contribution in [0.4, 0.5) is 0 Å². The van der Waals surface area contributed by atoms with Crippen molar-refractivity contribution >= 4 is 56.9 Å². The first-order valence-corrected chi connectivity index (χ1v) is 9.54. The van der Waals surface area contributed by atoms with Gasteiger partial charge in [-0.05, 0) is 62.1 Å². The predicted molar refractivity (Wildman–Crippen MR) is 112 cm³/mol. The fourth-order valence-corrected chi connectivity index (χ4v) is 4.09. The van der Waals surface area contributed by atoms with Crippen LogP contribution in [0.2, 0.25) is 5.02 Å². The summed E-state index contributed by atoms with van der Waals surface area (Å²) in [5.41, 5.74) is 1.76. The van der Waals surface area contributed by atoms with Gasteiger partial charge in [0.1, 0.15) is 11.2 Å². The van der Waals surface area contributed by atoms with Gasteiger partial charge in [-0.25, -0.2) is 0 Å². The second-order valence-electron chi connectivity index (χ2n) is 8.19. The van der Waals surface area contributed by atoms with E-state index in [1.807, 2.05) is 36.4 Å². The Morgan fingerprint density at radius 1 is 0.778 bits per heavy atom. The van der Waals surface area contributed by atoms with E-state index in [0.29, 0.717) is 5.02 Å². The highest BCUT2D eigenvalue weighted by atomic mass is 35.5. The highest BCUT2D eigenvalue weighted by Crippen LogP contribution is 2.40. The van der Waals surface area contributed by atoms with Crippen LogP contribution >= 0.6 is 11.6 Å². The molecule has 0 amide bonds. The van der Waals surface area contributed by atoms with Crippen LogP contribution in [0.1, 0.15) is 27.7 Å². The minimum atomic E-state index is -0.451. The molecule has 0 radical (unpaired) electrons. The van der Waals surface area contributed by atoms with Crippen LogP contribution < -0.4 is 5.46 Å². The normalized spacial score (nSPS) is 18.8. The van der Waals surface area contributed by atoms with Gasteiger partial charge in [-0.15, -0.1) is 0 Å². The number of fused-ring (bicyclic) bond motifs is 5. The van der Waals surface area contributed by atoms with E-state index >= 15 is 0 Å².